The van der Waals surface area contributed by atoms with Gasteiger partial charge in [0.1, 0.15) is 15.4 Å². The van der Waals surface area contributed by atoms with Crippen molar-refractivity contribution in [2.24, 2.45) is 5.92 Å². The molecule has 1 aliphatic rings. The Kier molecular flexibility index (Phi) is 4.51. The molecule has 0 saturated heterocycles. The van der Waals surface area contributed by atoms with Gasteiger partial charge in [0.05, 0.1) is 10.6 Å². The number of aromatic nitrogens is 2. The van der Waals surface area contributed by atoms with Crippen molar-refractivity contribution in [2.45, 2.75) is 22.6 Å². The first-order valence-corrected chi connectivity index (χ1v) is 12.0. The lowest BCUT2D eigenvalue weighted by Gasteiger charge is -2.15. The zero-order chi connectivity index (χ0) is 21.8. The van der Waals surface area contributed by atoms with Crippen LogP contribution in [-0.2, 0) is 14.8 Å². The van der Waals surface area contributed by atoms with Crippen LogP contribution in [0.15, 0.2) is 77.3 Å². The molecule has 1 aromatic carbocycles. The molecule has 158 valence electrons. The normalized spacial score (nSPS) is 23.1. The summed E-state index contributed by atoms with van der Waals surface area (Å²) in [6.45, 7) is 1.75. The average Bonchev–Trinajstić information content (AvgIpc) is 3.16. The van der Waals surface area contributed by atoms with Crippen LogP contribution >= 0.6 is 11.3 Å². The fourth-order valence-corrected chi connectivity index (χ4v) is 6.95. The minimum Gasteiger partial charge on any atom is -0.480 e. The van der Waals surface area contributed by atoms with E-state index in [2.05, 4.69) is 9.71 Å². The fraction of sp³-hybridized carbons (Fsp3) is 0.182. The number of hydrogen-bond acceptors (Lipinski definition) is 5. The molecule has 1 saturated carbocycles. The molecule has 0 spiro atoms. The molecule has 1 aliphatic carbocycles. The van der Waals surface area contributed by atoms with E-state index in [1.807, 2.05) is 65.3 Å². The molecule has 3 heterocycles. The quantitative estimate of drug-likeness (QED) is 0.465. The van der Waals surface area contributed by atoms with Crippen LogP contribution in [0.3, 0.4) is 0 Å². The number of thiophene rings is 1. The molecule has 0 bridgehead atoms. The molecular weight excluding hydrogens is 434 g/mol. The van der Waals surface area contributed by atoms with E-state index in [1.54, 1.807) is 13.0 Å². The van der Waals surface area contributed by atoms with Gasteiger partial charge in [-0.05, 0) is 35.7 Å². The van der Waals surface area contributed by atoms with Crippen molar-refractivity contribution < 1.29 is 18.3 Å². The summed E-state index contributed by atoms with van der Waals surface area (Å²) >= 11 is 1.07. The Morgan fingerprint density at radius 3 is 2.58 bits per heavy atom. The number of fused-ring (bicyclic) bond motifs is 1. The van der Waals surface area contributed by atoms with E-state index in [-0.39, 0.29) is 10.1 Å². The zero-order valence-corrected chi connectivity index (χ0v) is 18.1. The van der Waals surface area contributed by atoms with Gasteiger partial charge in [0.25, 0.3) is 10.0 Å². The summed E-state index contributed by atoms with van der Waals surface area (Å²) in [6, 6.07) is 18.0. The van der Waals surface area contributed by atoms with Gasteiger partial charge in [-0.1, -0.05) is 43.3 Å². The number of sulfonamides is 1. The summed E-state index contributed by atoms with van der Waals surface area (Å²) in [5.41, 5.74) is 0.660. The second-order valence-electron chi connectivity index (χ2n) is 7.67. The summed E-state index contributed by atoms with van der Waals surface area (Å²) in [7, 11) is -4.04. The Labute approximate surface area is 183 Å². The summed E-state index contributed by atoms with van der Waals surface area (Å²) in [4.78, 5) is 17.4. The number of rotatable bonds is 6. The van der Waals surface area contributed by atoms with Crippen LogP contribution in [0.1, 0.15) is 18.4 Å². The lowest BCUT2D eigenvalue weighted by Crippen LogP contribution is -2.45. The molecule has 7 nitrogen and oxygen atoms in total. The largest absolute Gasteiger partial charge is 0.480 e. The highest BCUT2D eigenvalue weighted by Crippen LogP contribution is 2.58. The van der Waals surface area contributed by atoms with Crippen molar-refractivity contribution in [2.75, 3.05) is 0 Å². The van der Waals surface area contributed by atoms with Crippen molar-refractivity contribution in [3.63, 3.8) is 0 Å². The molecule has 0 unspecified atom stereocenters. The van der Waals surface area contributed by atoms with E-state index in [0.717, 1.165) is 22.5 Å². The summed E-state index contributed by atoms with van der Waals surface area (Å²) in [6.07, 6.45) is 3.70. The van der Waals surface area contributed by atoms with Gasteiger partial charge in [0.2, 0.25) is 0 Å². The van der Waals surface area contributed by atoms with Gasteiger partial charge in [-0.15, -0.1) is 11.3 Å². The van der Waals surface area contributed by atoms with Gasteiger partial charge in [0.15, 0.2) is 0 Å². The zero-order valence-electron chi connectivity index (χ0n) is 16.5. The number of carbonyl (C=O) groups is 1. The van der Waals surface area contributed by atoms with E-state index >= 15 is 0 Å². The number of nitrogens with one attached hydrogen (secondary N) is 1. The van der Waals surface area contributed by atoms with Crippen molar-refractivity contribution in [3.05, 3.63) is 78.6 Å². The van der Waals surface area contributed by atoms with Crippen LogP contribution in [0.4, 0.5) is 0 Å². The molecule has 4 aromatic rings. The maximum Gasteiger partial charge on any atom is 0.325 e. The Bertz CT molecular complexity index is 1360. The topological polar surface area (TPSA) is 101 Å². The van der Waals surface area contributed by atoms with Gasteiger partial charge in [-0.25, -0.2) is 13.4 Å². The third-order valence-corrected chi connectivity index (χ3v) is 8.96. The molecule has 3 aromatic heterocycles. The van der Waals surface area contributed by atoms with E-state index < -0.39 is 27.4 Å². The predicted octanol–water partition coefficient (Wildman–Crippen LogP) is 3.60. The van der Waals surface area contributed by atoms with E-state index in [4.69, 9.17) is 0 Å². The Morgan fingerprint density at radius 2 is 1.87 bits per heavy atom. The van der Waals surface area contributed by atoms with Gasteiger partial charge in [0, 0.05) is 18.3 Å². The Morgan fingerprint density at radius 1 is 1.13 bits per heavy atom. The van der Waals surface area contributed by atoms with E-state index in [9.17, 15) is 18.3 Å². The van der Waals surface area contributed by atoms with Crippen LogP contribution in [0.25, 0.3) is 16.2 Å². The number of aliphatic carboxylic acids is 1. The van der Waals surface area contributed by atoms with Crippen molar-refractivity contribution in [1.82, 2.24) is 14.1 Å². The summed E-state index contributed by atoms with van der Waals surface area (Å²) in [5, 5.41) is 9.94. The summed E-state index contributed by atoms with van der Waals surface area (Å²) in [5.74, 6) is -1.98. The van der Waals surface area contributed by atoms with Gasteiger partial charge in [-0.2, -0.15) is 4.72 Å². The Hall–Kier alpha value is -3.01. The average molecular weight is 454 g/mol. The van der Waals surface area contributed by atoms with Gasteiger partial charge in [-0.3, -0.25) is 4.79 Å². The predicted molar refractivity (Wildman–Crippen MR) is 118 cm³/mol. The summed E-state index contributed by atoms with van der Waals surface area (Å²) < 4.78 is 30.7. The molecule has 0 aliphatic heterocycles. The first-order valence-electron chi connectivity index (χ1n) is 9.69. The SMILES string of the molecule is C[C@@H]1[C@H](c2ccccc2)[C@]1(NS(=O)(=O)c1ccc(-c2cn3ccccc3n2)s1)C(=O)O. The molecule has 31 heavy (non-hydrogen) atoms. The lowest BCUT2D eigenvalue weighted by molar-refractivity contribution is -0.140. The van der Waals surface area contributed by atoms with Crippen LogP contribution in [0, 0.1) is 5.92 Å². The number of carboxylic acid groups (broad SMARTS) is 1. The molecule has 3 atom stereocenters. The number of imidazole rings is 1. The van der Waals surface area contributed by atoms with Crippen molar-refractivity contribution in [3.8, 4) is 10.6 Å². The number of nitrogens with zero attached hydrogens (tertiary/aromatic N) is 2. The second kappa shape index (κ2) is 7.01. The molecule has 9 heteroatoms. The maximum absolute atomic E-state index is 13.1. The molecule has 2 N–H and O–H groups in total. The van der Waals surface area contributed by atoms with Crippen LogP contribution in [0.5, 0.6) is 0 Å². The van der Waals surface area contributed by atoms with Gasteiger partial charge < -0.3 is 9.51 Å². The minimum absolute atomic E-state index is 0.0612. The molecule has 0 amide bonds. The highest BCUT2D eigenvalue weighted by Gasteiger charge is 2.70. The van der Waals surface area contributed by atoms with E-state index in [0.29, 0.717) is 10.6 Å². The number of pyridine rings is 1. The third-order valence-electron chi connectivity index (χ3n) is 5.88. The third kappa shape index (κ3) is 3.16. The van der Waals surface area contributed by atoms with Crippen LogP contribution in [-0.4, -0.2) is 34.4 Å². The molecule has 0 radical (unpaired) electrons. The highest BCUT2D eigenvalue weighted by molar-refractivity contribution is 7.91. The fourth-order valence-electron chi connectivity index (χ4n) is 4.23. The number of carboxylic acids is 1. The molecule has 5 rings (SSSR count). The highest BCUT2D eigenvalue weighted by atomic mass is 32.2. The first-order chi connectivity index (χ1) is 14.8. The standard InChI is InChI=1S/C22H19N3O4S2/c1-14-20(15-7-3-2-4-8-15)22(14,21(26)27)24-31(28,29)19-11-10-17(30-19)16-13-25-12-6-5-9-18(25)23-16/h2-14,20,24H,1H3,(H,26,27)/t14-,20-,22+/m1/s1. The second-order valence-corrected chi connectivity index (χ2v) is 10.7. The van der Waals surface area contributed by atoms with Crippen molar-refractivity contribution >= 4 is 33.0 Å². The minimum atomic E-state index is -4.04. The van der Waals surface area contributed by atoms with Crippen LogP contribution < -0.4 is 4.72 Å². The maximum atomic E-state index is 13.1. The van der Waals surface area contributed by atoms with Gasteiger partial charge >= 0.3 is 5.97 Å². The smallest absolute Gasteiger partial charge is 0.325 e. The van der Waals surface area contributed by atoms with E-state index in [1.165, 1.54) is 6.07 Å². The number of benzene rings is 1. The van der Waals surface area contributed by atoms with Crippen molar-refractivity contribution in [1.29, 1.82) is 0 Å². The first kappa shape index (κ1) is 19.9. The lowest BCUT2D eigenvalue weighted by atomic mass is 10.1. The Balaban J connectivity index is 1.46. The van der Waals surface area contributed by atoms with Crippen LogP contribution in [0.2, 0.25) is 0 Å². The monoisotopic (exact) mass is 453 g/mol. The molecular formula is C22H19N3O4S2. The molecule has 1 fully saturated rings. The number of hydrogen-bond donors (Lipinski definition) is 2.